The average molecular weight is 261 g/mol. The van der Waals surface area contributed by atoms with Crippen LogP contribution in [-0.4, -0.2) is 23.1 Å². The molecule has 0 spiro atoms. The maximum atomic E-state index is 12.4. The van der Waals surface area contributed by atoms with Gasteiger partial charge in [0.05, 0.1) is 5.69 Å². The van der Waals surface area contributed by atoms with Crippen LogP contribution in [0.25, 0.3) is 0 Å². The molecule has 2 aliphatic rings. The lowest BCUT2D eigenvalue weighted by atomic mass is 9.93. The lowest BCUT2D eigenvalue weighted by Gasteiger charge is -2.32. The molecule has 1 aromatic heterocycles. The highest BCUT2D eigenvalue weighted by Crippen LogP contribution is 2.30. The molecule has 4 heteroatoms. The summed E-state index contributed by atoms with van der Waals surface area (Å²) in [5.74, 6) is 0. The number of nitrogens with two attached hydrogens (primary N) is 1. The van der Waals surface area contributed by atoms with Crippen molar-refractivity contribution in [3.05, 3.63) is 27.7 Å². The van der Waals surface area contributed by atoms with Crippen LogP contribution in [0, 0.1) is 0 Å². The minimum Gasteiger partial charge on any atom is -0.394 e. The molecule has 0 unspecified atom stereocenters. The van der Waals surface area contributed by atoms with Gasteiger partial charge in [0, 0.05) is 31.2 Å². The Labute approximate surface area is 114 Å². The average Bonchev–Trinajstić information content (AvgIpc) is 2.41. The third-order valence-corrected chi connectivity index (χ3v) is 4.57. The Morgan fingerprint density at radius 1 is 1.26 bits per heavy atom. The summed E-state index contributed by atoms with van der Waals surface area (Å²) in [6, 6.07) is 2.27. The van der Waals surface area contributed by atoms with Crippen molar-refractivity contribution in [2.24, 2.45) is 0 Å². The monoisotopic (exact) mass is 261 g/mol. The van der Waals surface area contributed by atoms with Crippen molar-refractivity contribution in [1.29, 1.82) is 0 Å². The lowest BCUT2D eigenvalue weighted by molar-refractivity contribution is 0.286. The van der Waals surface area contributed by atoms with Crippen LogP contribution >= 0.6 is 0 Å². The first-order valence-electron chi connectivity index (χ1n) is 7.38. The summed E-state index contributed by atoms with van der Waals surface area (Å²) in [5, 5.41) is 0. The first-order valence-corrected chi connectivity index (χ1v) is 7.38. The minimum atomic E-state index is 0.0372. The summed E-state index contributed by atoms with van der Waals surface area (Å²) in [7, 11) is 2.12. The number of hydrogen-bond acceptors (Lipinski definition) is 3. The third-order valence-electron chi connectivity index (χ3n) is 4.57. The number of likely N-dealkylation sites (N-methyl/N-ethyl adjacent to an activating group) is 1. The SMILES string of the molecule is CN1CCc2c(cc(N)c(=O)n2C2CCCCC2)C1. The van der Waals surface area contributed by atoms with E-state index in [1.165, 1.54) is 30.5 Å². The Morgan fingerprint density at radius 3 is 2.74 bits per heavy atom. The Balaban J connectivity index is 2.08. The van der Waals surface area contributed by atoms with E-state index in [-0.39, 0.29) is 5.56 Å². The minimum absolute atomic E-state index is 0.0372. The molecule has 0 radical (unpaired) electrons. The molecule has 2 heterocycles. The van der Waals surface area contributed by atoms with E-state index in [4.69, 9.17) is 5.73 Å². The first-order chi connectivity index (χ1) is 9.16. The molecule has 19 heavy (non-hydrogen) atoms. The molecule has 0 atom stereocenters. The third kappa shape index (κ3) is 2.29. The highest BCUT2D eigenvalue weighted by Gasteiger charge is 2.24. The largest absolute Gasteiger partial charge is 0.394 e. The summed E-state index contributed by atoms with van der Waals surface area (Å²) in [5.41, 5.74) is 8.89. The van der Waals surface area contributed by atoms with Crippen molar-refractivity contribution in [1.82, 2.24) is 9.47 Å². The number of pyridine rings is 1. The predicted octanol–water partition coefficient (Wildman–Crippen LogP) is 1.92. The van der Waals surface area contributed by atoms with Gasteiger partial charge in [0.25, 0.3) is 5.56 Å². The van der Waals surface area contributed by atoms with Crippen LogP contribution in [0.3, 0.4) is 0 Å². The van der Waals surface area contributed by atoms with Crippen molar-refractivity contribution >= 4 is 5.69 Å². The number of aromatic nitrogens is 1. The van der Waals surface area contributed by atoms with Gasteiger partial charge in [-0.3, -0.25) is 4.79 Å². The standard InChI is InChI=1S/C15H23N3O/c1-17-8-7-14-11(10-17)9-13(16)15(19)18(14)12-5-3-2-4-6-12/h9,12H,2-8,10,16H2,1H3. The van der Waals surface area contributed by atoms with Gasteiger partial charge in [0.2, 0.25) is 0 Å². The van der Waals surface area contributed by atoms with Crippen LogP contribution in [0.2, 0.25) is 0 Å². The zero-order valence-electron chi connectivity index (χ0n) is 11.7. The van der Waals surface area contributed by atoms with Gasteiger partial charge < -0.3 is 15.2 Å². The van der Waals surface area contributed by atoms with E-state index in [0.29, 0.717) is 11.7 Å². The summed E-state index contributed by atoms with van der Waals surface area (Å²) < 4.78 is 2.04. The van der Waals surface area contributed by atoms with Gasteiger partial charge in [-0.1, -0.05) is 19.3 Å². The summed E-state index contributed by atoms with van der Waals surface area (Å²) >= 11 is 0. The van der Waals surface area contributed by atoms with Crippen LogP contribution in [0.4, 0.5) is 5.69 Å². The number of hydrogen-bond donors (Lipinski definition) is 1. The number of nitrogens with zero attached hydrogens (tertiary/aromatic N) is 2. The number of anilines is 1. The fourth-order valence-electron chi connectivity index (χ4n) is 3.56. The summed E-state index contributed by atoms with van der Waals surface area (Å²) in [6.07, 6.45) is 7.01. The summed E-state index contributed by atoms with van der Waals surface area (Å²) in [4.78, 5) is 14.7. The second kappa shape index (κ2) is 5.00. The number of nitrogen functional groups attached to an aromatic ring is 1. The van der Waals surface area contributed by atoms with Gasteiger partial charge in [0.15, 0.2) is 0 Å². The molecule has 1 aliphatic carbocycles. The van der Waals surface area contributed by atoms with Crippen molar-refractivity contribution in [3.8, 4) is 0 Å². The molecule has 0 aromatic carbocycles. The fourth-order valence-corrected chi connectivity index (χ4v) is 3.56. The molecule has 4 nitrogen and oxygen atoms in total. The van der Waals surface area contributed by atoms with Crippen LogP contribution < -0.4 is 11.3 Å². The topological polar surface area (TPSA) is 51.3 Å². The molecule has 1 saturated carbocycles. The quantitative estimate of drug-likeness (QED) is 0.840. The van der Waals surface area contributed by atoms with Gasteiger partial charge in [-0.15, -0.1) is 0 Å². The van der Waals surface area contributed by atoms with Gasteiger partial charge in [-0.25, -0.2) is 0 Å². The highest BCUT2D eigenvalue weighted by atomic mass is 16.1. The lowest BCUT2D eigenvalue weighted by Crippen LogP contribution is -2.37. The van der Waals surface area contributed by atoms with Crippen molar-refractivity contribution in [2.75, 3.05) is 19.3 Å². The molecular formula is C15H23N3O. The smallest absolute Gasteiger partial charge is 0.274 e. The number of fused-ring (bicyclic) bond motifs is 1. The van der Waals surface area contributed by atoms with Gasteiger partial charge in [-0.2, -0.15) is 0 Å². The van der Waals surface area contributed by atoms with Crippen LogP contribution in [0.5, 0.6) is 0 Å². The maximum absolute atomic E-state index is 12.4. The van der Waals surface area contributed by atoms with E-state index < -0.39 is 0 Å². The van der Waals surface area contributed by atoms with Crippen molar-refractivity contribution < 1.29 is 0 Å². The Bertz CT molecular complexity index is 529. The molecule has 1 aromatic rings. The first kappa shape index (κ1) is 12.7. The van der Waals surface area contributed by atoms with E-state index in [9.17, 15) is 4.79 Å². The molecule has 104 valence electrons. The molecule has 0 amide bonds. The Morgan fingerprint density at radius 2 is 2.00 bits per heavy atom. The van der Waals surface area contributed by atoms with E-state index in [1.807, 2.05) is 10.6 Å². The Kier molecular flexibility index (Phi) is 3.35. The van der Waals surface area contributed by atoms with Gasteiger partial charge in [-0.05, 0) is 31.5 Å². The van der Waals surface area contributed by atoms with E-state index in [0.717, 1.165) is 32.4 Å². The van der Waals surface area contributed by atoms with Crippen LogP contribution in [-0.2, 0) is 13.0 Å². The molecule has 3 rings (SSSR count). The van der Waals surface area contributed by atoms with Crippen LogP contribution in [0.1, 0.15) is 49.4 Å². The van der Waals surface area contributed by atoms with Crippen molar-refractivity contribution in [3.63, 3.8) is 0 Å². The molecular weight excluding hydrogens is 238 g/mol. The predicted molar refractivity (Wildman–Crippen MR) is 77.3 cm³/mol. The van der Waals surface area contributed by atoms with Crippen LogP contribution in [0.15, 0.2) is 10.9 Å². The zero-order valence-corrected chi connectivity index (χ0v) is 11.7. The number of rotatable bonds is 1. The second-order valence-corrected chi connectivity index (χ2v) is 6.03. The van der Waals surface area contributed by atoms with E-state index in [2.05, 4.69) is 11.9 Å². The maximum Gasteiger partial charge on any atom is 0.274 e. The summed E-state index contributed by atoms with van der Waals surface area (Å²) in [6.45, 7) is 1.94. The molecule has 0 saturated heterocycles. The van der Waals surface area contributed by atoms with Crippen molar-refractivity contribution in [2.45, 2.75) is 51.1 Å². The molecule has 0 bridgehead atoms. The Hall–Kier alpha value is -1.29. The molecule has 2 N–H and O–H groups in total. The van der Waals surface area contributed by atoms with E-state index >= 15 is 0 Å². The second-order valence-electron chi connectivity index (χ2n) is 6.03. The van der Waals surface area contributed by atoms with E-state index in [1.54, 1.807) is 0 Å². The normalized spacial score (nSPS) is 21.3. The highest BCUT2D eigenvalue weighted by molar-refractivity contribution is 5.42. The zero-order chi connectivity index (χ0) is 13.4. The van der Waals surface area contributed by atoms with Gasteiger partial charge in [0.1, 0.15) is 0 Å². The molecule has 1 aliphatic heterocycles. The molecule has 1 fully saturated rings. The fraction of sp³-hybridized carbons (Fsp3) is 0.667. The van der Waals surface area contributed by atoms with Gasteiger partial charge >= 0.3 is 0 Å².